The fourth-order valence-electron chi connectivity index (χ4n) is 2.94. The molecule has 2 atom stereocenters. The quantitative estimate of drug-likeness (QED) is 0.625. The van der Waals surface area contributed by atoms with Gasteiger partial charge in [0.1, 0.15) is 0 Å². The van der Waals surface area contributed by atoms with Crippen molar-refractivity contribution < 1.29 is 22.7 Å². The van der Waals surface area contributed by atoms with Crippen molar-refractivity contribution in [2.75, 3.05) is 13.1 Å². The Bertz CT molecular complexity index is 997. The number of thiophene rings is 1. The highest BCUT2D eigenvalue weighted by atomic mass is 79.9. The van der Waals surface area contributed by atoms with Crippen LogP contribution in [0.1, 0.15) is 33.9 Å². The molecule has 0 spiro atoms. The Morgan fingerprint density at radius 2 is 1.62 bits per heavy atom. The molecule has 0 radical (unpaired) electrons. The molecule has 2 N–H and O–H groups in total. The lowest BCUT2D eigenvalue weighted by molar-refractivity contribution is -0.0440. The lowest BCUT2D eigenvalue weighted by atomic mass is 10.2. The first kappa shape index (κ1) is 21.9. The van der Waals surface area contributed by atoms with Gasteiger partial charge in [0.05, 0.1) is 25.8 Å². The zero-order chi connectivity index (χ0) is 21.2. The maximum Gasteiger partial charge on any atom is 0.279 e. The second-order valence-corrected chi connectivity index (χ2v) is 11.0. The van der Waals surface area contributed by atoms with Crippen molar-refractivity contribution in [3.63, 3.8) is 0 Å². The van der Waals surface area contributed by atoms with Crippen molar-refractivity contribution in [1.29, 1.82) is 0 Å². The maximum absolute atomic E-state index is 12.8. The first-order valence-electron chi connectivity index (χ1n) is 8.78. The summed E-state index contributed by atoms with van der Waals surface area (Å²) in [6.07, 6.45) is -0.377. The molecule has 0 saturated carbocycles. The van der Waals surface area contributed by atoms with Gasteiger partial charge in [0, 0.05) is 18.7 Å². The monoisotopic (exact) mass is 501 g/mol. The van der Waals surface area contributed by atoms with Crippen LogP contribution in [-0.4, -0.2) is 49.8 Å². The fourth-order valence-corrected chi connectivity index (χ4v) is 5.81. The predicted octanol–water partition coefficient (Wildman–Crippen LogP) is 2.38. The molecule has 29 heavy (non-hydrogen) atoms. The van der Waals surface area contributed by atoms with Crippen molar-refractivity contribution in [2.45, 2.75) is 31.0 Å². The summed E-state index contributed by atoms with van der Waals surface area (Å²) >= 11 is 4.50. The summed E-state index contributed by atoms with van der Waals surface area (Å²) in [5.41, 5.74) is 4.87. The lowest BCUT2D eigenvalue weighted by Gasteiger charge is -2.34. The van der Waals surface area contributed by atoms with Gasteiger partial charge in [-0.2, -0.15) is 4.31 Å². The normalized spacial score (nSPS) is 20.2. The summed E-state index contributed by atoms with van der Waals surface area (Å²) in [6, 6.07) is 8.94. The average Bonchev–Trinajstić information content (AvgIpc) is 3.11. The molecule has 0 bridgehead atoms. The average molecular weight is 502 g/mol. The highest BCUT2D eigenvalue weighted by Crippen LogP contribution is 2.22. The Labute approximate surface area is 181 Å². The minimum Gasteiger partial charge on any atom is -0.373 e. The number of benzene rings is 1. The number of ether oxygens (including phenoxy) is 1. The van der Waals surface area contributed by atoms with Crippen molar-refractivity contribution >= 4 is 49.1 Å². The minimum absolute atomic E-state index is 0.0998. The number of carbonyl (C=O) groups excluding carboxylic acids is 2. The van der Waals surface area contributed by atoms with E-state index in [1.807, 2.05) is 13.8 Å². The number of sulfonamides is 1. The topological polar surface area (TPSA) is 105 Å². The van der Waals surface area contributed by atoms with Gasteiger partial charge in [0.25, 0.3) is 11.8 Å². The van der Waals surface area contributed by atoms with E-state index >= 15 is 0 Å². The third-order valence-corrected chi connectivity index (χ3v) is 7.70. The van der Waals surface area contributed by atoms with E-state index in [0.29, 0.717) is 4.88 Å². The molecule has 1 aromatic heterocycles. The summed E-state index contributed by atoms with van der Waals surface area (Å²) < 4.78 is 33.5. The molecule has 0 aliphatic carbocycles. The molecule has 1 fully saturated rings. The third-order valence-electron chi connectivity index (χ3n) is 4.23. The summed E-state index contributed by atoms with van der Waals surface area (Å²) in [6.45, 7) is 4.21. The molecule has 156 valence electrons. The number of halogens is 1. The van der Waals surface area contributed by atoms with Crippen LogP contribution in [0.3, 0.4) is 0 Å². The van der Waals surface area contributed by atoms with Crippen LogP contribution in [0, 0.1) is 0 Å². The largest absolute Gasteiger partial charge is 0.373 e. The van der Waals surface area contributed by atoms with Crippen LogP contribution in [0.2, 0.25) is 0 Å². The Morgan fingerprint density at radius 3 is 2.17 bits per heavy atom. The van der Waals surface area contributed by atoms with Gasteiger partial charge in [-0.25, -0.2) is 8.42 Å². The van der Waals surface area contributed by atoms with E-state index in [1.165, 1.54) is 39.9 Å². The first-order valence-corrected chi connectivity index (χ1v) is 11.8. The van der Waals surface area contributed by atoms with Gasteiger partial charge in [-0.05, 0) is 66.2 Å². The van der Waals surface area contributed by atoms with Gasteiger partial charge in [-0.3, -0.25) is 20.4 Å². The van der Waals surface area contributed by atoms with Crippen LogP contribution in [0.15, 0.2) is 45.1 Å². The zero-order valence-corrected chi connectivity index (χ0v) is 18.9. The number of hydrogen-bond acceptors (Lipinski definition) is 6. The second-order valence-electron chi connectivity index (χ2n) is 6.62. The Hall–Kier alpha value is -1.79. The van der Waals surface area contributed by atoms with Crippen molar-refractivity contribution in [2.24, 2.45) is 0 Å². The molecule has 0 unspecified atom stereocenters. The summed E-state index contributed by atoms with van der Waals surface area (Å²) in [5, 5.41) is 0. The van der Waals surface area contributed by atoms with Crippen molar-refractivity contribution in [3.05, 3.63) is 50.6 Å². The second kappa shape index (κ2) is 8.92. The molecule has 1 aliphatic heterocycles. The van der Waals surface area contributed by atoms with E-state index in [4.69, 9.17) is 4.74 Å². The molecule has 1 saturated heterocycles. The standard InChI is InChI=1S/C18H20BrN3O5S2/c1-11-9-22(10-12(2)27-11)29(25,26)14-5-3-13(4-6-14)17(23)20-21-18(24)15-7-8-16(19)28-15/h3-8,11-12H,9-10H2,1-2H3,(H,20,23)(H,21,24)/t11-,12+. The van der Waals surface area contributed by atoms with Crippen LogP contribution < -0.4 is 10.9 Å². The SMILES string of the molecule is C[C@@H]1CN(S(=O)(=O)c2ccc(C(=O)NNC(=O)c3ccc(Br)s3)cc2)C[C@H](C)O1. The van der Waals surface area contributed by atoms with E-state index in [-0.39, 0.29) is 35.8 Å². The number of hydrogen-bond donors (Lipinski definition) is 2. The van der Waals surface area contributed by atoms with Crippen LogP contribution in [-0.2, 0) is 14.8 Å². The predicted molar refractivity (Wildman–Crippen MR) is 112 cm³/mol. The number of nitrogens with zero attached hydrogens (tertiary/aromatic N) is 1. The summed E-state index contributed by atoms with van der Waals surface area (Å²) in [7, 11) is -3.68. The first-order chi connectivity index (χ1) is 13.7. The minimum atomic E-state index is -3.68. The Morgan fingerprint density at radius 1 is 1.03 bits per heavy atom. The number of amides is 2. The van der Waals surface area contributed by atoms with Gasteiger partial charge in [-0.15, -0.1) is 11.3 Å². The van der Waals surface area contributed by atoms with Gasteiger partial charge >= 0.3 is 0 Å². The molecule has 8 nitrogen and oxygen atoms in total. The number of nitrogens with one attached hydrogen (secondary N) is 2. The number of morpholine rings is 1. The highest BCUT2D eigenvalue weighted by molar-refractivity contribution is 9.11. The molecule has 11 heteroatoms. The maximum atomic E-state index is 12.8. The van der Waals surface area contributed by atoms with Crippen LogP contribution in [0.4, 0.5) is 0 Å². The van der Waals surface area contributed by atoms with Gasteiger partial charge in [0.15, 0.2) is 0 Å². The van der Waals surface area contributed by atoms with E-state index in [9.17, 15) is 18.0 Å². The Balaban J connectivity index is 1.64. The van der Waals surface area contributed by atoms with Gasteiger partial charge < -0.3 is 4.74 Å². The van der Waals surface area contributed by atoms with E-state index in [1.54, 1.807) is 12.1 Å². The van der Waals surface area contributed by atoms with Gasteiger partial charge in [0.2, 0.25) is 10.0 Å². The molecular weight excluding hydrogens is 482 g/mol. The van der Waals surface area contributed by atoms with Crippen LogP contribution >= 0.6 is 27.3 Å². The van der Waals surface area contributed by atoms with E-state index < -0.39 is 21.8 Å². The zero-order valence-electron chi connectivity index (χ0n) is 15.7. The van der Waals surface area contributed by atoms with E-state index in [2.05, 4.69) is 26.8 Å². The van der Waals surface area contributed by atoms with Crippen LogP contribution in [0.5, 0.6) is 0 Å². The van der Waals surface area contributed by atoms with E-state index in [0.717, 1.165) is 3.79 Å². The molecule has 2 aromatic rings. The summed E-state index contributed by atoms with van der Waals surface area (Å²) in [5.74, 6) is -0.990. The molecule has 1 aromatic carbocycles. The number of carbonyl (C=O) groups is 2. The van der Waals surface area contributed by atoms with Crippen molar-refractivity contribution in [3.8, 4) is 0 Å². The molecule has 3 rings (SSSR count). The molecule has 2 heterocycles. The molecule has 2 amide bonds. The fraction of sp³-hybridized carbons (Fsp3) is 0.333. The number of hydrazine groups is 1. The summed E-state index contributed by atoms with van der Waals surface area (Å²) in [4.78, 5) is 24.7. The molecule has 1 aliphatic rings. The van der Waals surface area contributed by atoms with Gasteiger partial charge in [-0.1, -0.05) is 0 Å². The number of rotatable bonds is 4. The highest BCUT2D eigenvalue weighted by Gasteiger charge is 2.32. The van der Waals surface area contributed by atoms with Crippen LogP contribution in [0.25, 0.3) is 0 Å². The third kappa shape index (κ3) is 5.23. The molecular formula is C18H20BrN3O5S2. The smallest absolute Gasteiger partial charge is 0.279 e. The van der Waals surface area contributed by atoms with Crippen molar-refractivity contribution in [1.82, 2.24) is 15.2 Å². The lowest BCUT2D eigenvalue weighted by Crippen LogP contribution is -2.48. The Kier molecular flexibility index (Phi) is 6.74.